The number of hydrogen-bond acceptors (Lipinski definition) is 4. The maximum absolute atomic E-state index is 11.2. The molecule has 4 amide bonds. The van der Waals surface area contributed by atoms with Crippen molar-refractivity contribution in [1.82, 2.24) is 10.2 Å². The molecule has 1 aliphatic heterocycles. The van der Waals surface area contributed by atoms with Crippen molar-refractivity contribution >= 4 is 17.8 Å². The summed E-state index contributed by atoms with van der Waals surface area (Å²) in [6.45, 7) is 0.448. The van der Waals surface area contributed by atoms with Crippen LogP contribution in [0.4, 0.5) is 4.79 Å². The minimum atomic E-state index is -0.854. The first kappa shape index (κ1) is 12.0. The molecule has 94 valence electrons. The monoisotopic (exact) mass is 240 g/mol. The van der Waals surface area contributed by atoms with Crippen molar-refractivity contribution in [2.75, 3.05) is 13.2 Å². The minimum absolute atomic E-state index is 0.146. The molecule has 1 aliphatic carbocycles. The normalized spacial score (nSPS) is 22.1. The van der Waals surface area contributed by atoms with E-state index in [1.165, 1.54) is 19.3 Å². The van der Waals surface area contributed by atoms with E-state index in [-0.39, 0.29) is 12.6 Å². The highest BCUT2D eigenvalue weighted by atomic mass is 16.5. The third-order valence-electron chi connectivity index (χ3n) is 3.13. The van der Waals surface area contributed by atoms with Gasteiger partial charge in [0.25, 0.3) is 0 Å². The Morgan fingerprint density at radius 1 is 1.18 bits per heavy atom. The van der Waals surface area contributed by atoms with Gasteiger partial charge in [0.2, 0.25) is 0 Å². The van der Waals surface area contributed by atoms with E-state index in [2.05, 4.69) is 0 Å². The fourth-order valence-corrected chi connectivity index (χ4v) is 2.18. The lowest BCUT2D eigenvalue weighted by atomic mass is 9.98. The molecule has 1 N–H and O–H groups in total. The Morgan fingerprint density at radius 3 is 2.47 bits per heavy atom. The number of urea groups is 1. The first-order valence-electron chi connectivity index (χ1n) is 5.97. The van der Waals surface area contributed by atoms with Crippen LogP contribution in [0.1, 0.15) is 32.1 Å². The van der Waals surface area contributed by atoms with Crippen LogP contribution in [0.2, 0.25) is 0 Å². The van der Waals surface area contributed by atoms with Crippen LogP contribution in [0.3, 0.4) is 0 Å². The lowest BCUT2D eigenvalue weighted by Crippen LogP contribution is -2.35. The van der Waals surface area contributed by atoms with Crippen molar-refractivity contribution in [2.45, 2.75) is 38.2 Å². The highest BCUT2D eigenvalue weighted by molar-refractivity contribution is 6.44. The van der Waals surface area contributed by atoms with E-state index in [1.54, 1.807) is 0 Å². The first-order valence-corrected chi connectivity index (χ1v) is 5.97. The van der Waals surface area contributed by atoms with Gasteiger partial charge in [-0.05, 0) is 12.8 Å². The summed E-state index contributed by atoms with van der Waals surface area (Å²) in [5.74, 6) is -1.64. The van der Waals surface area contributed by atoms with Crippen molar-refractivity contribution in [3.63, 3.8) is 0 Å². The predicted molar refractivity (Wildman–Crippen MR) is 58.1 cm³/mol. The van der Waals surface area contributed by atoms with Crippen LogP contribution in [-0.2, 0) is 14.3 Å². The Hall–Kier alpha value is -1.43. The molecule has 0 atom stereocenters. The van der Waals surface area contributed by atoms with Crippen LogP contribution >= 0.6 is 0 Å². The van der Waals surface area contributed by atoms with Crippen LogP contribution in [0.5, 0.6) is 0 Å². The third kappa shape index (κ3) is 2.82. The second kappa shape index (κ2) is 5.27. The zero-order valence-electron chi connectivity index (χ0n) is 9.61. The van der Waals surface area contributed by atoms with Crippen molar-refractivity contribution in [1.29, 1.82) is 0 Å². The molecular formula is C11H16N2O4. The minimum Gasteiger partial charge on any atom is -0.376 e. The number of amides is 4. The first-order chi connectivity index (χ1) is 8.18. The van der Waals surface area contributed by atoms with Crippen LogP contribution in [0, 0.1) is 0 Å². The summed E-state index contributed by atoms with van der Waals surface area (Å²) >= 11 is 0. The number of imide groups is 2. The fraction of sp³-hybridized carbons (Fsp3) is 0.727. The second-order valence-electron chi connectivity index (χ2n) is 4.35. The van der Waals surface area contributed by atoms with Gasteiger partial charge in [0.15, 0.2) is 0 Å². The van der Waals surface area contributed by atoms with E-state index in [4.69, 9.17) is 4.74 Å². The molecule has 0 aromatic heterocycles. The van der Waals surface area contributed by atoms with Crippen LogP contribution < -0.4 is 5.32 Å². The molecule has 1 saturated carbocycles. The summed E-state index contributed by atoms with van der Waals surface area (Å²) in [6.07, 6.45) is 5.91. The van der Waals surface area contributed by atoms with Gasteiger partial charge in [0.05, 0.1) is 19.3 Å². The van der Waals surface area contributed by atoms with Crippen molar-refractivity contribution in [3.05, 3.63) is 0 Å². The average Bonchev–Trinajstić information content (AvgIpc) is 2.57. The standard InChI is InChI=1S/C11H16N2O4/c14-9-10(15)13(11(16)12-9)6-7-17-8-4-2-1-3-5-8/h8H,1-7H2,(H,12,14,16). The molecule has 0 aromatic carbocycles. The quantitative estimate of drug-likeness (QED) is 0.570. The molecule has 6 heteroatoms. The van der Waals surface area contributed by atoms with Gasteiger partial charge in [0, 0.05) is 0 Å². The van der Waals surface area contributed by atoms with Crippen LogP contribution in [-0.4, -0.2) is 42.0 Å². The fourth-order valence-electron chi connectivity index (χ4n) is 2.18. The molecule has 2 fully saturated rings. The van der Waals surface area contributed by atoms with Crippen LogP contribution in [0.15, 0.2) is 0 Å². The van der Waals surface area contributed by atoms with E-state index in [1.807, 2.05) is 5.32 Å². The molecule has 0 radical (unpaired) electrons. The lowest BCUT2D eigenvalue weighted by molar-refractivity contribution is -0.140. The third-order valence-corrected chi connectivity index (χ3v) is 3.13. The molecule has 17 heavy (non-hydrogen) atoms. The molecule has 6 nitrogen and oxygen atoms in total. The smallest absolute Gasteiger partial charge is 0.331 e. The summed E-state index contributed by atoms with van der Waals surface area (Å²) in [5.41, 5.74) is 0. The zero-order chi connectivity index (χ0) is 12.3. The van der Waals surface area contributed by atoms with Gasteiger partial charge in [0.1, 0.15) is 0 Å². The molecule has 0 aromatic rings. The van der Waals surface area contributed by atoms with Crippen molar-refractivity contribution in [3.8, 4) is 0 Å². The van der Waals surface area contributed by atoms with Gasteiger partial charge in [-0.25, -0.2) is 4.79 Å². The molecule has 2 rings (SSSR count). The largest absolute Gasteiger partial charge is 0.376 e. The Labute approximate surface area is 99.3 Å². The number of nitrogens with zero attached hydrogens (tertiary/aromatic N) is 1. The molecule has 0 unspecified atom stereocenters. The van der Waals surface area contributed by atoms with Gasteiger partial charge in [-0.2, -0.15) is 0 Å². The summed E-state index contributed by atoms with van der Waals surface area (Å²) in [5, 5.41) is 1.95. The molecule has 2 aliphatic rings. The van der Waals surface area contributed by atoms with Gasteiger partial charge >= 0.3 is 17.8 Å². The van der Waals surface area contributed by atoms with E-state index < -0.39 is 17.8 Å². The molecular weight excluding hydrogens is 224 g/mol. The van der Waals surface area contributed by atoms with Gasteiger partial charge in [-0.3, -0.25) is 19.8 Å². The topological polar surface area (TPSA) is 75.7 Å². The highest BCUT2D eigenvalue weighted by Crippen LogP contribution is 2.20. The van der Waals surface area contributed by atoms with E-state index in [9.17, 15) is 14.4 Å². The summed E-state index contributed by atoms with van der Waals surface area (Å²) < 4.78 is 5.59. The molecule has 0 bridgehead atoms. The number of nitrogens with one attached hydrogen (secondary N) is 1. The van der Waals surface area contributed by atoms with E-state index in [0.717, 1.165) is 17.7 Å². The molecule has 1 heterocycles. The molecule has 1 saturated heterocycles. The second-order valence-corrected chi connectivity index (χ2v) is 4.35. The number of ether oxygens (including phenoxy) is 1. The number of carbonyl (C=O) groups excluding carboxylic acids is 3. The summed E-state index contributed by atoms with van der Waals surface area (Å²) in [4.78, 5) is 34.2. The predicted octanol–water partition coefficient (Wildman–Crippen LogP) is 0.414. The average molecular weight is 240 g/mol. The number of hydrogen-bond donors (Lipinski definition) is 1. The van der Waals surface area contributed by atoms with Crippen molar-refractivity contribution < 1.29 is 19.1 Å². The maximum atomic E-state index is 11.2. The number of carbonyl (C=O) groups is 3. The van der Waals surface area contributed by atoms with Gasteiger partial charge in [-0.15, -0.1) is 0 Å². The lowest BCUT2D eigenvalue weighted by Gasteiger charge is -2.22. The van der Waals surface area contributed by atoms with E-state index in [0.29, 0.717) is 6.61 Å². The Kier molecular flexibility index (Phi) is 3.73. The summed E-state index contributed by atoms with van der Waals surface area (Å²) in [6, 6.07) is -0.646. The van der Waals surface area contributed by atoms with Gasteiger partial charge in [-0.1, -0.05) is 19.3 Å². The molecule has 0 spiro atoms. The maximum Gasteiger partial charge on any atom is 0.331 e. The van der Waals surface area contributed by atoms with Crippen molar-refractivity contribution in [2.24, 2.45) is 0 Å². The van der Waals surface area contributed by atoms with Crippen LogP contribution in [0.25, 0.3) is 0 Å². The van der Waals surface area contributed by atoms with E-state index >= 15 is 0 Å². The summed E-state index contributed by atoms with van der Waals surface area (Å²) in [7, 11) is 0. The Morgan fingerprint density at radius 2 is 1.88 bits per heavy atom. The SMILES string of the molecule is O=C1NC(=O)N(CCOC2CCCCC2)C1=O. The number of rotatable bonds is 4. The highest BCUT2D eigenvalue weighted by Gasteiger charge is 2.36. The Bertz CT molecular complexity index is 336. The Balaban J connectivity index is 1.72. The zero-order valence-corrected chi connectivity index (χ0v) is 9.61. The van der Waals surface area contributed by atoms with Gasteiger partial charge < -0.3 is 4.74 Å².